The van der Waals surface area contributed by atoms with Crippen molar-refractivity contribution in [3.05, 3.63) is 11.6 Å². The zero-order valence-electron chi connectivity index (χ0n) is 23.8. The Morgan fingerprint density at radius 2 is 1.42 bits per heavy atom. The third-order valence-electron chi connectivity index (χ3n) is 14.2. The SMILES string of the molecule is COC1CCC2(C)C(CCC3(C)C4(C)CCC5(C)CCC(C)(C)CC5C4=CCC23C)C1(C)C. The first-order valence-electron chi connectivity index (χ1n) is 14.3. The Kier molecular flexibility index (Phi) is 5.12. The summed E-state index contributed by atoms with van der Waals surface area (Å²) in [5, 5.41) is 0. The van der Waals surface area contributed by atoms with Crippen LogP contribution in [0.2, 0.25) is 0 Å². The molecule has 5 aliphatic rings. The first-order chi connectivity index (χ1) is 15.1. The molecule has 1 nitrogen and oxygen atoms in total. The van der Waals surface area contributed by atoms with Crippen LogP contribution in [-0.4, -0.2) is 13.2 Å². The van der Waals surface area contributed by atoms with Crippen LogP contribution in [0.4, 0.5) is 0 Å². The van der Waals surface area contributed by atoms with E-state index in [4.69, 9.17) is 4.74 Å². The summed E-state index contributed by atoms with van der Waals surface area (Å²) in [6.45, 7) is 23.7. The van der Waals surface area contributed by atoms with Gasteiger partial charge in [-0.05, 0) is 114 Å². The first-order valence-corrected chi connectivity index (χ1v) is 14.3. The second kappa shape index (κ2) is 6.92. The van der Waals surface area contributed by atoms with Crippen molar-refractivity contribution in [1.29, 1.82) is 0 Å². The van der Waals surface area contributed by atoms with Crippen molar-refractivity contribution in [2.75, 3.05) is 7.11 Å². The summed E-state index contributed by atoms with van der Waals surface area (Å²) in [5.74, 6) is 1.55. The quantitative estimate of drug-likeness (QED) is 0.359. The predicted octanol–water partition coefficient (Wildman–Crippen LogP) is 9.21. The van der Waals surface area contributed by atoms with E-state index in [0.717, 1.165) is 11.8 Å². The van der Waals surface area contributed by atoms with Crippen molar-refractivity contribution >= 4 is 0 Å². The summed E-state index contributed by atoms with van der Waals surface area (Å²) in [6, 6.07) is 0. The second-order valence-electron chi connectivity index (χ2n) is 16.0. The summed E-state index contributed by atoms with van der Waals surface area (Å²) >= 11 is 0. The average Bonchev–Trinajstić information content (AvgIpc) is 2.72. The Balaban J connectivity index is 1.61. The highest BCUT2D eigenvalue weighted by molar-refractivity contribution is 5.35. The fourth-order valence-corrected chi connectivity index (χ4v) is 11.3. The monoisotopic (exact) mass is 454 g/mol. The molecule has 1 heteroatoms. The maximum absolute atomic E-state index is 6.08. The van der Waals surface area contributed by atoms with Crippen molar-refractivity contribution in [1.82, 2.24) is 0 Å². The normalized spacial score (nSPS) is 54.8. The second-order valence-corrected chi connectivity index (χ2v) is 16.0. The van der Waals surface area contributed by atoms with Crippen molar-refractivity contribution in [2.24, 2.45) is 49.7 Å². The number of hydrogen-bond donors (Lipinski definition) is 0. The number of allylic oxidation sites excluding steroid dienone is 2. The van der Waals surface area contributed by atoms with E-state index < -0.39 is 0 Å². The van der Waals surface area contributed by atoms with Gasteiger partial charge in [-0.25, -0.2) is 0 Å². The van der Waals surface area contributed by atoms with Crippen LogP contribution in [0, 0.1) is 49.7 Å². The highest BCUT2D eigenvalue weighted by Crippen LogP contribution is 2.80. The van der Waals surface area contributed by atoms with Crippen molar-refractivity contribution in [3.63, 3.8) is 0 Å². The van der Waals surface area contributed by atoms with Gasteiger partial charge in [0.1, 0.15) is 0 Å². The van der Waals surface area contributed by atoms with Gasteiger partial charge in [-0.2, -0.15) is 0 Å². The molecule has 188 valence electrons. The van der Waals surface area contributed by atoms with Crippen LogP contribution in [-0.2, 0) is 4.74 Å². The Hall–Kier alpha value is -0.300. The van der Waals surface area contributed by atoms with Gasteiger partial charge >= 0.3 is 0 Å². The van der Waals surface area contributed by atoms with Gasteiger partial charge in [0.2, 0.25) is 0 Å². The lowest BCUT2D eigenvalue weighted by Crippen LogP contribution is -2.69. The zero-order valence-corrected chi connectivity index (χ0v) is 23.8. The topological polar surface area (TPSA) is 9.23 Å². The van der Waals surface area contributed by atoms with E-state index in [1.165, 1.54) is 64.2 Å². The molecule has 8 atom stereocenters. The molecule has 0 aromatic rings. The average molecular weight is 455 g/mol. The summed E-state index contributed by atoms with van der Waals surface area (Å²) < 4.78 is 6.08. The molecule has 0 aromatic carbocycles. The van der Waals surface area contributed by atoms with Crippen LogP contribution < -0.4 is 0 Å². The van der Waals surface area contributed by atoms with Gasteiger partial charge in [-0.3, -0.25) is 0 Å². The molecular formula is C32H54O. The molecule has 8 unspecified atom stereocenters. The molecule has 0 aromatic heterocycles. The molecule has 0 saturated heterocycles. The maximum Gasteiger partial charge on any atom is 0.0625 e. The third kappa shape index (κ3) is 2.81. The Bertz CT molecular complexity index is 851. The fraction of sp³-hybridized carbons (Fsp3) is 0.938. The van der Waals surface area contributed by atoms with E-state index in [1.807, 2.05) is 12.7 Å². The van der Waals surface area contributed by atoms with Crippen LogP contribution >= 0.6 is 0 Å². The smallest absolute Gasteiger partial charge is 0.0625 e. The molecule has 0 spiro atoms. The van der Waals surface area contributed by atoms with E-state index in [9.17, 15) is 0 Å². The van der Waals surface area contributed by atoms with Crippen LogP contribution in [0.3, 0.4) is 0 Å². The summed E-state index contributed by atoms with van der Waals surface area (Å²) in [7, 11) is 1.95. The largest absolute Gasteiger partial charge is 0.381 e. The Labute approximate surface area is 205 Å². The first kappa shape index (κ1) is 24.4. The maximum atomic E-state index is 6.08. The van der Waals surface area contributed by atoms with Gasteiger partial charge in [0.25, 0.3) is 0 Å². The molecule has 4 saturated carbocycles. The Morgan fingerprint density at radius 3 is 2.09 bits per heavy atom. The van der Waals surface area contributed by atoms with Crippen LogP contribution in [0.25, 0.3) is 0 Å². The van der Waals surface area contributed by atoms with E-state index in [-0.39, 0.29) is 5.41 Å². The van der Waals surface area contributed by atoms with Gasteiger partial charge in [0.05, 0.1) is 6.10 Å². The minimum atomic E-state index is 0.259. The molecule has 0 N–H and O–H groups in total. The standard InChI is InChI=1S/C32H54O/c1-26(2)17-18-28(5)19-20-29(6)22(23(28)21-26)11-15-32(9)30(7)14-13-25(33-10)27(3,4)24(30)12-16-31(29,32)8/h11,23-25H,12-21H2,1-10H3. The summed E-state index contributed by atoms with van der Waals surface area (Å²) in [6.07, 6.45) is 17.0. The molecule has 0 radical (unpaired) electrons. The molecular weight excluding hydrogens is 400 g/mol. The highest BCUT2D eigenvalue weighted by Gasteiger charge is 2.72. The minimum absolute atomic E-state index is 0.259. The lowest BCUT2D eigenvalue weighted by atomic mass is 9.29. The van der Waals surface area contributed by atoms with Gasteiger partial charge in [0.15, 0.2) is 0 Å². The van der Waals surface area contributed by atoms with Crippen molar-refractivity contribution < 1.29 is 4.74 Å². The molecule has 5 rings (SSSR count). The highest BCUT2D eigenvalue weighted by atomic mass is 16.5. The van der Waals surface area contributed by atoms with Crippen LogP contribution in [0.1, 0.15) is 127 Å². The molecule has 33 heavy (non-hydrogen) atoms. The third-order valence-corrected chi connectivity index (χ3v) is 14.2. The van der Waals surface area contributed by atoms with E-state index in [0.29, 0.717) is 38.6 Å². The zero-order chi connectivity index (χ0) is 24.3. The molecule has 4 fully saturated rings. The molecule has 0 heterocycles. The molecule has 0 aliphatic heterocycles. The number of rotatable bonds is 1. The Morgan fingerprint density at radius 1 is 0.758 bits per heavy atom. The van der Waals surface area contributed by atoms with Gasteiger partial charge in [0, 0.05) is 7.11 Å². The van der Waals surface area contributed by atoms with Crippen LogP contribution in [0.5, 0.6) is 0 Å². The number of methoxy groups -OCH3 is 1. The lowest BCUT2D eigenvalue weighted by molar-refractivity contribution is -0.251. The summed E-state index contributed by atoms with van der Waals surface area (Å²) in [5.41, 5.74) is 4.67. The minimum Gasteiger partial charge on any atom is -0.381 e. The van der Waals surface area contributed by atoms with Gasteiger partial charge < -0.3 is 4.74 Å². The fourth-order valence-electron chi connectivity index (χ4n) is 11.3. The molecule has 5 aliphatic carbocycles. The van der Waals surface area contributed by atoms with E-state index >= 15 is 0 Å². The number of fused-ring (bicyclic) bond motifs is 7. The van der Waals surface area contributed by atoms with Crippen molar-refractivity contribution in [2.45, 2.75) is 133 Å². The molecule has 0 bridgehead atoms. The van der Waals surface area contributed by atoms with E-state index in [1.54, 1.807) is 0 Å². The van der Waals surface area contributed by atoms with E-state index in [2.05, 4.69) is 68.4 Å². The lowest BCUT2D eigenvalue weighted by Gasteiger charge is -2.75. The van der Waals surface area contributed by atoms with Crippen LogP contribution in [0.15, 0.2) is 11.6 Å². The summed E-state index contributed by atoms with van der Waals surface area (Å²) in [4.78, 5) is 0. The number of ether oxygens (including phenoxy) is 1. The van der Waals surface area contributed by atoms with Gasteiger partial charge in [-0.1, -0.05) is 74.0 Å². The van der Waals surface area contributed by atoms with Crippen molar-refractivity contribution in [3.8, 4) is 0 Å². The number of hydrogen-bond acceptors (Lipinski definition) is 1. The predicted molar refractivity (Wildman–Crippen MR) is 140 cm³/mol. The molecule has 0 amide bonds. The van der Waals surface area contributed by atoms with Gasteiger partial charge in [-0.15, -0.1) is 0 Å².